The zero-order valence-corrected chi connectivity index (χ0v) is 18.5. The molecule has 0 fully saturated rings. The lowest BCUT2D eigenvalue weighted by molar-refractivity contribution is -0.384. The molecule has 3 rings (SSSR count). The van der Waals surface area contributed by atoms with Crippen LogP contribution in [0.3, 0.4) is 0 Å². The van der Waals surface area contributed by atoms with Crippen molar-refractivity contribution in [2.75, 3.05) is 17.6 Å². The normalized spacial score (nSPS) is 11.1. The van der Waals surface area contributed by atoms with E-state index in [2.05, 4.69) is 32.6 Å². The number of fused-ring (bicyclic) bond motifs is 1. The van der Waals surface area contributed by atoms with E-state index in [9.17, 15) is 14.9 Å². The molecule has 0 saturated carbocycles. The largest absolute Gasteiger partial charge is 0.367 e. The topological polar surface area (TPSA) is 128 Å². The van der Waals surface area contributed by atoms with Gasteiger partial charge in [-0.15, -0.1) is 0 Å². The van der Waals surface area contributed by atoms with Crippen molar-refractivity contribution in [1.82, 2.24) is 25.1 Å². The van der Waals surface area contributed by atoms with Crippen molar-refractivity contribution in [2.24, 2.45) is 0 Å². The highest BCUT2D eigenvalue weighted by Crippen LogP contribution is 2.25. The minimum absolute atomic E-state index is 0.121. The number of amides is 1. The SMILES string of the molecule is CCCSc1nc(NC(C)C)c2cnn(CCNC(=O)c3cccc([N+](=O)[O-])c3)c2n1. The Hall–Kier alpha value is -3.21. The summed E-state index contributed by atoms with van der Waals surface area (Å²) in [5, 5.41) is 22.9. The maximum atomic E-state index is 12.4. The predicted molar refractivity (Wildman–Crippen MR) is 121 cm³/mol. The molecule has 10 nitrogen and oxygen atoms in total. The zero-order valence-electron chi connectivity index (χ0n) is 17.7. The van der Waals surface area contributed by atoms with Crippen LogP contribution >= 0.6 is 11.8 Å². The van der Waals surface area contributed by atoms with E-state index in [-0.39, 0.29) is 23.2 Å². The van der Waals surface area contributed by atoms with Gasteiger partial charge in [0, 0.05) is 36.0 Å². The molecule has 164 valence electrons. The first kappa shape index (κ1) is 22.5. The van der Waals surface area contributed by atoms with Crippen molar-refractivity contribution in [3.05, 3.63) is 46.1 Å². The number of benzene rings is 1. The number of aromatic nitrogens is 4. The number of anilines is 1. The molecule has 0 bridgehead atoms. The number of nitrogens with one attached hydrogen (secondary N) is 2. The molecule has 0 unspecified atom stereocenters. The van der Waals surface area contributed by atoms with Gasteiger partial charge < -0.3 is 10.6 Å². The summed E-state index contributed by atoms with van der Waals surface area (Å²) in [7, 11) is 0. The van der Waals surface area contributed by atoms with Gasteiger partial charge in [0.25, 0.3) is 11.6 Å². The highest BCUT2D eigenvalue weighted by atomic mass is 32.2. The van der Waals surface area contributed by atoms with Crippen LogP contribution in [0.5, 0.6) is 0 Å². The average Bonchev–Trinajstić information content (AvgIpc) is 3.15. The molecule has 0 aliphatic rings. The van der Waals surface area contributed by atoms with Crippen LogP contribution in [0.15, 0.2) is 35.6 Å². The molecule has 11 heteroatoms. The van der Waals surface area contributed by atoms with E-state index in [0.717, 1.165) is 23.4 Å². The van der Waals surface area contributed by atoms with Crippen molar-refractivity contribution in [3.8, 4) is 0 Å². The molecule has 2 N–H and O–H groups in total. The third-order valence-corrected chi connectivity index (χ3v) is 5.32. The predicted octanol–water partition coefficient (Wildman–Crippen LogP) is 3.49. The molecular weight excluding hydrogens is 418 g/mol. The summed E-state index contributed by atoms with van der Waals surface area (Å²) in [6, 6.07) is 5.85. The van der Waals surface area contributed by atoms with Crippen molar-refractivity contribution in [1.29, 1.82) is 0 Å². The van der Waals surface area contributed by atoms with Crippen LogP contribution in [0.25, 0.3) is 11.0 Å². The first-order valence-electron chi connectivity index (χ1n) is 10.0. The lowest BCUT2D eigenvalue weighted by Gasteiger charge is -2.12. The molecule has 0 saturated heterocycles. The van der Waals surface area contributed by atoms with Gasteiger partial charge in [0.2, 0.25) is 0 Å². The van der Waals surface area contributed by atoms with E-state index >= 15 is 0 Å². The van der Waals surface area contributed by atoms with Crippen LogP contribution in [-0.2, 0) is 6.54 Å². The second-order valence-corrected chi connectivity index (χ2v) is 8.23. The van der Waals surface area contributed by atoms with Crippen molar-refractivity contribution >= 4 is 40.2 Å². The number of rotatable bonds is 10. The van der Waals surface area contributed by atoms with Crippen molar-refractivity contribution in [3.63, 3.8) is 0 Å². The Labute approximate surface area is 184 Å². The molecule has 31 heavy (non-hydrogen) atoms. The molecule has 0 atom stereocenters. The van der Waals surface area contributed by atoms with Gasteiger partial charge in [0.05, 0.1) is 23.1 Å². The van der Waals surface area contributed by atoms with E-state index in [0.29, 0.717) is 23.9 Å². The monoisotopic (exact) mass is 443 g/mol. The second-order valence-electron chi connectivity index (χ2n) is 7.17. The van der Waals surface area contributed by atoms with Gasteiger partial charge in [0.1, 0.15) is 5.82 Å². The number of carbonyl (C=O) groups excluding carboxylic acids is 1. The summed E-state index contributed by atoms with van der Waals surface area (Å²) in [6.07, 6.45) is 2.73. The summed E-state index contributed by atoms with van der Waals surface area (Å²) >= 11 is 1.59. The van der Waals surface area contributed by atoms with Gasteiger partial charge >= 0.3 is 0 Å². The molecule has 1 amide bonds. The summed E-state index contributed by atoms with van der Waals surface area (Å²) in [4.78, 5) is 32.0. The van der Waals surface area contributed by atoms with Crippen LogP contribution in [0, 0.1) is 10.1 Å². The number of carbonyl (C=O) groups is 1. The fraction of sp³-hybridized carbons (Fsp3) is 0.400. The number of hydrogen-bond acceptors (Lipinski definition) is 8. The van der Waals surface area contributed by atoms with E-state index in [1.165, 1.54) is 18.2 Å². The molecule has 2 heterocycles. The maximum absolute atomic E-state index is 12.4. The Bertz CT molecular complexity index is 1080. The van der Waals surface area contributed by atoms with Gasteiger partial charge in [-0.3, -0.25) is 14.9 Å². The molecule has 3 aromatic rings. The molecular formula is C20H25N7O3S. The van der Waals surface area contributed by atoms with Crippen LogP contribution in [0.4, 0.5) is 11.5 Å². The Balaban J connectivity index is 1.74. The standard InChI is InChI=1S/C20H25N7O3S/c1-4-10-31-20-24-17(23-13(2)3)16-12-22-26(18(16)25-20)9-8-21-19(28)14-6-5-7-15(11-14)27(29)30/h5-7,11-13H,4,8-10H2,1-3H3,(H,21,28)(H,23,24,25). The summed E-state index contributed by atoms with van der Waals surface area (Å²) in [6.45, 7) is 6.89. The highest BCUT2D eigenvalue weighted by molar-refractivity contribution is 7.99. The molecule has 0 aliphatic heterocycles. The molecule has 1 aromatic carbocycles. The van der Waals surface area contributed by atoms with Gasteiger partial charge in [-0.05, 0) is 26.3 Å². The maximum Gasteiger partial charge on any atom is 0.270 e. The summed E-state index contributed by atoms with van der Waals surface area (Å²) in [5.74, 6) is 1.28. The first-order valence-corrected chi connectivity index (χ1v) is 11.0. The fourth-order valence-corrected chi connectivity index (χ4v) is 3.57. The molecule has 2 aromatic heterocycles. The fourth-order valence-electron chi connectivity index (χ4n) is 2.88. The highest BCUT2D eigenvalue weighted by Gasteiger charge is 2.15. The van der Waals surface area contributed by atoms with Crippen molar-refractivity contribution < 1.29 is 9.72 Å². The third-order valence-electron chi connectivity index (χ3n) is 4.26. The lowest BCUT2D eigenvalue weighted by Crippen LogP contribution is -2.27. The Morgan fingerprint density at radius 1 is 1.32 bits per heavy atom. The Kier molecular flexibility index (Phi) is 7.40. The van der Waals surface area contributed by atoms with Gasteiger partial charge in [-0.25, -0.2) is 14.6 Å². The molecule has 0 spiro atoms. The first-order chi connectivity index (χ1) is 14.9. The number of non-ortho nitro benzene ring substituents is 1. The van der Waals surface area contributed by atoms with E-state index < -0.39 is 4.92 Å². The van der Waals surface area contributed by atoms with Crippen molar-refractivity contribution in [2.45, 2.75) is 44.9 Å². The third kappa shape index (κ3) is 5.69. The molecule has 0 aliphatic carbocycles. The van der Waals surface area contributed by atoms with E-state index in [1.54, 1.807) is 28.7 Å². The van der Waals surface area contributed by atoms with Crippen LogP contribution < -0.4 is 10.6 Å². The Morgan fingerprint density at radius 3 is 2.84 bits per heavy atom. The number of thioether (sulfide) groups is 1. The lowest BCUT2D eigenvalue weighted by atomic mass is 10.2. The van der Waals surface area contributed by atoms with Crippen LogP contribution in [0.2, 0.25) is 0 Å². The van der Waals surface area contributed by atoms with Gasteiger partial charge in [0.15, 0.2) is 10.8 Å². The number of nitrogens with zero attached hydrogens (tertiary/aromatic N) is 5. The van der Waals surface area contributed by atoms with Crippen LogP contribution in [-0.4, -0.2) is 48.9 Å². The van der Waals surface area contributed by atoms with Crippen LogP contribution in [0.1, 0.15) is 37.6 Å². The second kappa shape index (κ2) is 10.2. The van der Waals surface area contributed by atoms with E-state index in [1.807, 2.05) is 13.8 Å². The van der Waals surface area contributed by atoms with Gasteiger partial charge in [-0.2, -0.15) is 5.10 Å². The number of nitro benzene ring substituents is 1. The quantitative estimate of drug-likeness (QED) is 0.211. The van der Waals surface area contributed by atoms with Gasteiger partial charge in [-0.1, -0.05) is 24.8 Å². The summed E-state index contributed by atoms with van der Waals surface area (Å²) < 4.78 is 1.73. The average molecular weight is 444 g/mol. The smallest absolute Gasteiger partial charge is 0.270 e. The number of hydrogen-bond donors (Lipinski definition) is 2. The molecule has 0 radical (unpaired) electrons. The van der Waals surface area contributed by atoms with E-state index in [4.69, 9.17) is 0 Å². The minimum atomic E-state index is -0.525. The zero-order chi connectivity index (χ0) is 22.4. The Morgan fingerprint density at radius 2 is 2.13 bits per heavy atom. The minimum Gasteiger partial charge on any atom is -0.367 e. The number of nitro groups is 1. The summed E-state index contributed by atoms with van der Waals surface area (Å²) in [5.41, 5.74) is 0.814.